The molecule has 0 amide bonds. The van der Waals surface area contributed by atoms with Crippen molar-refractivity contribution in [1.29, 1.82) is 0 Å². The molecule has 0 saturated heterocycles. The topological polar surface area (TPSA) is 51.0 Å². The molecule has 4 nitrogen and oxygen atoms in total. The van der Waals surface area contributed by atoms with Gasteiger partial charge in [0.05, 0.1) is 5.56 Å². The van der Waals surface area contributed by atoms with Gasteiger partial charge in [-0.05, 0) is 30.8 Å². The van der Waals surface area contributed by atoms with Crippen LogP contribution in [-0.4, -0.2) is 22.8 Å². The Balaban J connectivity index is 1.89. The molecule has 0 aliphatic carbocycles. The predicted molar refractivity (Wildman–Crippen MR) is 73.8 cm³/mol. The van der Waals surface area contributed by atoms with Crippen molar-refractivity contribution < 1.29 is 4.42 Å². The molecule has 0 unspecified atom stereocenters. The quantitative estimate of drug-likeness (QED) is 0.816. The Hall–Kier alpha value is -1.20. The Bertz CT molecular complexity index is 490. The number of aromatic nitrogens is 2. The van der Waals surface area contributed by atoms with Crippen molar-refractivity contribution in [1.82, 2.24) is 15.5 Å². The van der Waals surface area contributed by atoms with Crippen LogP contribution < -0.4 is 5.32 Å². The van der Waals surface area contributed by atoms with Gasteiger partial charge in [0.15, 0.2) is 0 Å². The van der Waals surface area contributed by atoms with E-state index in [2.05, 4.69) is 41.7 Å². The van der Waals surface area contributed by atoms with Crippen molar-refractivity contribution in [2.45, 2.75) is 39.7 Å². The van der Waals surface area contributed by atoms with E-state index in [1.54, 1.807) is 11.3 Å². The third kappa shape index (κ3) is 3.40. The minimum atomic E-state index is 0.525. The molecule has 0 aromatic carbocycles. The Morgan fingerprint density at radius 3 is 2.83 bits per heavy atom. The fourth-order valence-electron chi connectivity index (χ4n) is 1.67. The molecule has 2 heterocycles. The van der Waals surface area contributed by atoms with Gasteiger partial charge in [0, 0.05) is 17.8 Å². The van der Waals surface area contributed by atoms with Crippen LogP contribution in [0.3, 0.4) is 0 Å². The zero-order valence-corrected chi connectivity index (χ0v) is 11.9. The van der Waals surface area contributed by atoms with Gasteiger partial charge in [-0.15, -0.1) is 10.2 Å². The number of nitrogens with zero attached hydrogens (tertiary/aromatic N) is 2. The summed E-state index contributed by atoms with van der Waals surface area (Å²) in [4.78, 5) is 0. The highest BCUT2D eigenvalue weighted by Crippen LogP contribution is 2.25. The first-order chi connectivity index (χ1) is 8.66. The van der Waals surface area contributed by atoms with E-state index in [0.29, 0.717) is 11.9 Å². The third-order valence-corrected chi connectivity index (χ3v) is 3.53. The van der Waals surface area contributed by atoms with E-state index in [4.69, 9.17) is 4.42 Å². The Kier molecular flexibility index (Phi) is 4.49. The summed E-state index contributed by atoms with van der Waals surface area (Å²) in [5.41, 5.74) is 2.25. The van der Waals surface area contributed by atoms with E-state index in [1.807, 2.05) is 5.38 Å². The van der Waals surface area contributed by atoms with E-state index in [1.165, 1.54) is 5.56 Å². The molecule has 0 aliphatic heterocycles. The molecule has 0 aliphatic rings. The maximum Gasteiger partial charge on any atom is 0.248 e. The van der Waals surface area contributed by atoms with Gasteiger partial charge in [0.2, 0.25) is 11.8 Å². The first kappa shape index (κ1) is 13.2. The lowest BCUT2D eigenvalue weighted by molar-refractivity contribution is 0.484. The second-order valence-electron chi connectivity index (χ2n) is 4.68. The van der Waals surface area contributed by atoms with Crippen LogP contribution in [0.15, 0.2) is 15.2 Å². The van der Waals surface area contributed by atoms with Gasteiger partial charge in [0.25, 0.3) is 0 Å². The number of rotatable bonds is 6. The van der Waals surface area contributed by atoms with Crippen LogP contribution in [0.4, 0.5) is 0 Å². The molecule has 0 bridgehead atoms. The number of nitrogens with one attached hydrogen (secondary N) is 1. The third-order valence-electron chi connectivity index (χ3n) is 2.67. The second-order valence-corrected chi connectivity index (χ2v) is 5.43. The van der Waals surface area contributed by atoms with Crippen molar-refractivity contribution in [3.63, 3.8) is 0 Å². The molecule has 0 saturated carbocycles. The number of thiophene rings is 1. The van der Waals surface area contributed by atoms with Gasteiger partial charge < -0.3 is 9.73 Å². The summed E-state index contributed by atoms with van der Waals surface area (Å²) >= 11 is 1.66. The first-order valence-corrected chi connectivity index (χ1v) is 7.20. The fraction of sp³-hybridized carbons (Fsp3) is 0.538. The smallest absolute Gasteiger partial charge is 0.248 e. The molecule has 98 valence electrons. The average molecular weight is 265 g/mol. The van der Waals surface area contributed by atoms with Crippen molar-refractivity contribution >= 4 is 11.3 Å². The second kappa shape index (κ2) is 6.11. The Morgan fingerprint density at radius 1 is 1.33 bits per heavy atom. The normalized spacial score (nSPS) is 11.3. The number of hydrogen-bond acceptors (Lipinski definition) is 5. The highest BCUT2D eigenvalue weighted by molar-refractivity contribution is 7.08. The van der Waals surface area contributed by atoms with E-state index in [0.717, 1.165) is 30.8 Å². The highest BCUT2D eigenvalue weighted by atomic mass is 32.1. The van der Waals surface area contributed by atoms with Crippen LogP contribution in [0.1, 0.15) is 31.7 Å². The van der Waals surface area contributed by atoms with Gasteiger partial charge in [-0.2, -0.15) is 11.3 Å². The Morgan fingerprint density at radius 2 is 2.17 bits per heavy atom. The van der Waals surface area contributed by atoms with Crippen molar-refractivity contribution in [3.8, 4) is 11.5 Å². The summed E-state index contributed by atoms with van der Waals surface area (Å²) in [6.07, 6.45) is 1.85. The molecule has 1 N–H and O–H groups in total. The van der Waals surface area contributed by atoms with Crippen LogP contribution in [0.2, 0.25) is 0 Å². The van der Waals surface area contributed by atoms with Crippen LogP contribution in [0.5, 0.6) is 0 Å². The zero-order chi connectivity index (χ0) is 13.0. The molecule has 0 atom stereocenters. The van der Waals surface area contributed by atoms with Crippen molar-refractivity contribution in [2.24, 2.45) is 0 Å². The van der Waals surface area contributed by atoms with E-state index >= 15 is 0 Å². The largest absolute Gasteiger partial charge is 0.421 e. The lowest BCUT2D eigenvalue weighted by atomic mass is 10.2. The highest BCUT2D eigenvalue weighted by Gasteiger charge is 2.11. The van der Waals surface area contributed by atoms with E-state index in [9.17, 15) is 0 Å². The summed E-state index contributed by atoms with van der Waals surface area (Å²) in [5, 5.41) is 15.7. The summed E-state index contributed by atoms with van der Waals surface area (Å²) in [6, 6.07) is 0.525. The summed E-state index contributed by atoms with van der Waals surface area (Å²) in [6.45, 7) is 7.32. The summed E-state index contributed by atoms with van der Waals surface area (Å²) in [7, 11) is 0. The summed E-state index contributed by atoms with van der Waals surface area (Å²) in [5.74, 6) is 1.36. The molecule has 5 heteroatoms. The standard InChI is InChI=1S/C13H19N3OS/c1-9(2)14-6-4-5-12-15-16-13(17-12)11-8-18-7-10(11)3/h7-9,14H,4-6H2,1-3H3. The van der Waals surface area contributed by atoms with E-state index in [-0.39, 0.29) is 0 Å². The van der Waals surface area contributed by atoms with Crippen LogP contribution >= 0.6 is 11.3 Å². The van der Waals surface area contributed by atoms with Crippen molar-refractivity contribution in [2.75, 3.05) is 6.54 Å². The van der Waals surface area contributed by atoms with Gasteiger partial charge in [-0.3, -0.25) is 0 Å². The van der Waals surface area contributed by atoms with E-state index < -0.39 is 0 Å². The monoisotopic (exact) mass is 265 g/mol. The van der Waals surface area contributed by atoms with Crippen LogP contribution in [-0.2, 0) is 6.42 Å². The zero-order valence-electron chi connectivity index (χ0n) is 11.1. The molecular weight excluding hydrogens is 246 g/mol. The molecular formula is C13H19N3OS. The molecule has 0 radical (unpaired) electrons. The fourth-order valence-corrected chi connectivity index (χ4v) is 2.50. The molecule has 0 fully saturated rings. The van der Waals surface area contributed by atoms with Gasteiger partial charge >= 0.3 is 0 Å². The van der Waals surface area contributed by atoms with Gasteiger partial charge in [0.1, 0.15) is 0 Å². The molecule has 2 aromatic heterocycles. The summed E-state index contributed by atoms with van der Waals surface area (Å²) < 4.78 is 5.67. The van der Waals surface area contributed by atoms with Crippen molar-refractivity contribution in [3.05, 3.63) is 22.2 Å². The molecule has 18 heavy (non-hydrogen) atoms. The average Bonchev–Trinajstić information content (AvgIpc) is 2.92. The van der Waals surface area contributed by atoms with Gasteiger partial charge in [-0.25, -0.2) is 0 Å². The first-order valence-electron chi connectivity index (χ1n) is 6.25. The van der Waals surface area contributed by atoms with Crippen LogP contribution in [0.25, 0.3) is 11.5 Å². The lowest BCUT2D eigenvalue weighted by Gasteiger charge is -2.05. The molecule has 2 rings (SSSR count). The SMILES string of the molecule is Cc1cscc1-c1nnc(CCCNC(C)C)o1. The molecule has 0 spiro atoms. The maximum absolute atomic E-state index is 5.67. The number of hydrogen-bond donors (Lipinski definition) is 1. The minimum Gasteiger partial charge on any atom is -0.421 e. The maximum atomic E-state index is 5.67. The van der Waals surface area contributed by atoms with Crippen LogP contribution in [0, 0.1) is 6.92 Å². The predicted octanol–water partition coefficient (Wildman–Crippen LogP) is 3.04. The lowest BCUT2D eigenvalue weighted by Crippen LogP contribution is -2.23. The van der Waals surface area contributed by atoms with Gasteiger partial charge in [-0.1, -0.05) is 13.8 Å². The minimum absolute atomic E-state index is 0.525. The molecule has 2 aromatic rings. The number of aryl methyl sites for hydroxylation is 2. The Labute approximate surface area is 111 Å².